The van der Waals surface area contributed by atoms with Crippen LogP contribution >= 0.6 is 11.3 Å². The lowest BCUT2D eigenvalue weighted by Gasteiger charge is -2.34. The molecule has 3 heterocycles. The number of rotatable bonds is 8. The van der Waals surface area contributed by atoms with E-state index in [4.69, 9.17) is 14.2 Å². The SMILES string of the molecule is CC(C)OC(=O)[C@H](C)OC(=O)C1=C(CN2CCOCC2C(=O)O)NC(c2nccs2)=NC1. The number of nitrogens with zero attached hydrogens (tertiary/aromatic N) is 3. The maximum atomic E-state index is 12.9. The average Bonchev–Trinajstić information content (AvgIpc) is 3.28. The normalized spacial score (nSPS) is 20.4. The van der Waals surface area contributed by atoms with Gasteiger partial charge in [-0.1, -0.05) is 0 Å². The van der Waals surface area contributed by atoms with Crippen LogP contribution in [0.1, 0.15) is 25.8 Å². The number of aliphatic imine (C=N–C) groups is 1. The van der Waals surface area contributed by atoms with Crippen molar-refractivity contribution in [2.45, 2.75) is 39.0 Å². The Bertz CT molecular complexity index is 913. The first-order valence-electron chi connectivity index (χ1n) is 10.2. The first kappa shape index (κ1) is 23.8. The number of carboxylic acid groups (broad SMARTS) is 1. The molecule has 0 aliphatic carbocycles. The minimum atomic E-state index is -1.10. The molecule has 1 aromatic heterocycles. The van der Waals surface area contributed by atoms with Crippen LogP contribution < -0.4 is 5.32 Å². The molecule has 1 aromatic rings. The molecule has 2 aliphatic heterocycles. The van der Waals surface area contributed by atoms with E-state index in [-0.39, 0.29) is 31.4 Å². The van der Waals surface area contributed by atoms with Crippen LogP contribution in [0.3, 0.4) is 0 Å². The summed E-state index contributed by atoms with van der Waals surface area (Å²) in [7, 11) is 0. The van der Waals surface area contributed by atoms with E-state index in [9.17, 15) is 19.5 Å². The standard InChI is InChI=1S/C20H26N4O7S/c1-11(2)30-19(27)12(3)31-20(28)13-8-22-16(17-21-4-7-32-17)23-14(13)9-24-5-6-29-10-15(24)18(25)26/h4,7,11-12,15H,5-6,8-10H2,1-3H3,(H,22,23)(H,25,26)/t12-,15?/m0/s1. The molecule has 12 heteroatoms. The van der Waals surface area contributed by atoms with Crippen molar-refractivity contribution in [3.63, 3.8) is 0 Å². The van der Waals surface area contributed by atoms with E-state index in [1.54, 1.807) is 30.3 Å². The second-order valence-corrected chi connectivity index (χ2v) is 8.41. The smallest absolute Gasteiger partial charge is 0.347 e. The third-order valence-electron chi connectivity index (χ3n) is 4.76. The number of carbonyl (C=O) groups is 3. The van der Waals surface area contributed by atoms with Gasteiger partial charge in [-0.2, -0.15) is 0 Å². The summed E-state index contributed by atoms with van der Waals surface area (Å²) < 4.78 is 15.7. The predicted molar refractivity (Wildman–Crippen MR) is 114 cm³/mol. The van der Waals surface area contributed by atoms with Gasteiger partial charge in [-0.15, -0.1) is 11.3 Å². The third-order valence-corrected chi connectivity index (χ3v) is 5.54. The summed E-state index contributed by atoms with van der Waals surface area (Å²) in [4.78, 5) is 46.9. The van der Waals surface area contributed by atoms with E-state index in [2.05, 4.69) is 15.3 Å². The van der Waals surface area contributed by atoms with E-state index in [1.807, 2.05) is 0 Å². The maximum Gasteiger partial charge on any atom is 0.347 e. The summed E-state index contributed by atoms with van der Waals surface area (Å²) in [6.45, 7) is 5.79. The summed E-state index contributed by atoms with van der Waals surface area (Å²) in [6, 6.07) is -0.850. The number of ether oxygens (including phenoxy) is 3. The zero-order chi connectivity index (χ0) is 23.3. The fourth-order valence-electron chi connectivity index (χ4n) is 3.16. The fourth-order valence-corrected chi connectivity index (χ4v) is 3.76. The van der Waals surface area contributed by atoms with Crippen LogP contribution in [-0.4, -0.2) is 89.8 Å². The van der Waals surface area contributed by atoms with Gasteiger partial charge in [0.1, 0.15) is 6.04 Å². The molecule has 2 aliphatic rings. The van der Waals surface area contributed by atoms with Gasteiger partial charge in [-0.05, 0) is 20.8 Å². The Kier molecular flexibility index (Phi) is 7.94. The molecular weight excluding hydrogens is 440 g/mol. The first-order valence-corrected chi connectivity index (χ1v) is 11.0. The van der Waals surface area contributed by atoms with Gasteiger partial charge in [-0.25, -0.2) is 14.6 Å². The minimum Gasteiger partial charge on any atom is -0.480 e. The van der Waals surface area contributed by atoms with Gasteiger partial charge in [0.25, 0.3) is 0 Å². The Balaban J connectivity index is 1.81. The van der Waals surface area contributed by atoms with Crippen LogP contribution in [0.15, 0.2) is 27.8 Å². The van der Waals surface area contributed by atoms with Crippen molar-refractivity contribution in [2.24, 2.45) is 4.99 Å². The number of aliphatic carboxylic acids is 1. The number of carbonyl (C=O) groups excluding carboxylic acids is 2. The second kappa shape index (κ2) is 10.7. The van der Waals surface area contributed by atoms with Crippen LogP contribution in [-0.2, 0) is 28.6 Å². The Morgan fingerprint density at radius 3 is 2.78 bits per heavy atom. The van der Waals surface area contributed by atoms with E-state index in [0.717, 1.165) is 0 Å². The molecule has 0 radical (unpaired) electrons. The fraction of sp³-hybridized carbons (Fsp3) is 0.550. The van der Waals surface area contributed by atoms with Crippen molar-refractivity contribution < 1.29 is 33.7 Å². The quantitative estimate of drug-likeness (QED) is 0.518. The van der Waals surface area contributed by atoms with Crippen LogP contribution in [0, 0.1) is 0 Å². The van der Waals surface area contributed by atoms with E-state index >= 15 is 0 Å². The molecule has 2 atom stereocenters. The van der Waals surface area contributed by atoms with Crippen molar-refractivity contribution in [1.29, 1.82) is 0 Å². The number of aromatic nitrogens is 1. The Morgan fingerprint density at radius 2 is 2.12 bits per heavy atom. The minimum absolute atomic E-state index is 0.00407. The number of esters is 2. The van der Waals surface area contributed by atoms with E-state index < -0.39 is 30.1 Å². The van der Waals surface area contributed by atoms with E-state index in [0.29, 0.717) is 29.7 Å². The summed E-state index contributed by atoms with van der Waals surface area (Å²) in [5.74, 6) is -1.89. The van der Waals surface area contributed by atoms with Crippen LogP contribution in [0.4, 0.5) is 0 Å². The lowest BCUT2D eigenvalue weighted by Crippen LogP contribution is -2.52. The highest BCUT2D eigenvalue weighted by Gasteiger charge is 2.33. The van der Waals surface area contributed by atoms with Gasteiger partial charge < -0.3 is 24.6 Å². The lowest BCUT2D eigenvalue weighted by atomic mass is 10.1. The van der Waals surface area contributed by atoms with Crippen LogP contribution in [0.25, 0.3) is 0 Å². The van der Waals surface area contributed by atoms with Gasteiger partial charge >= 0.3 is 17.9 Å². The molecule has 1 fully saturated rings. The summed E-state index contributed by atoms with van der Waals surface area (Å²) in [6.07, 6.45) is 0.203. The highest BCUT2D eigenvalue weighted by molar-refractivity contribution is 7.11. The number of morpholine rings is 1. The molecule has 0 bridgehead atoms. The number of carboxylic acids is 1. The molecule has 0 aromatic carbocycles. The molecule has 11 nitrogen and oxygen atoms in total. The first-order chi connectivity index (χ1) is 15.3. The maximum absolute atomic E-state index is 12.9. The number of hydrogen-bond donors (Lipinski definition) is 2. The summed E-state index contributed by atoms with van der Waals surface area (Å²) in [5, 5.41) is 15.1. The molecular formula is C20H26N4O7S. The molecule has 0 amide bonds. The van der Waals surface area contributed by atoms with Gasteiger partial charge in [0.15, 0.2) is 16.9 Å². The van der Waals surface area contributed by atoms with Crippen molar-refractivity contribution in [3.8, 4) is 0 Å². The number of thiazole rings is 1. The molecule has 0 spiro atoms. The van der Waals surface area contributed by atoms with Gasteiger partial charge in [0.2, 0.25) is 0 Å². The molecule has 1 unspecified atom stereocenters. The van der Waals surface area contributed by atoms with Crippen LogP contribution in [0.5, 0.6) is 0 Å². The van der Waals surface area contributed by atoms with Crippen molar-refractivity contribution in [1.82, 2.24) is 15.2 Å². The number of hydrogen-bond acceptors (Lipinski definition) is 11. The number of nitrogens with one attached hydrogen (secondary N) is 1. The van der Waals surface area contributed by atoms with Gasteiger partial charge in [-0.3, -0.25) is 14.7 Å². The molecule has 3 rings (SSSR count). The Hall–Kier alpha value is -2.83. The highest BCUT2D eigenvalue weighted by atomic mass is 32.1. The zero-order valence-corrected chi connectivity index (χ0v) is 18.9. The molecule has 32 heavy (non-hydrogen) atoms. The monoisotopic (exact) mass is 466 g/mol. The van der Waals surface area contributed by atoms with Crippen molar-refractivity contribution in [2.75, 3.05) is 32.8 Å². The van der Waals surface area contributed by atoms with E-state index in [1.165, 1.54) is 18.3 Å². The third kappa shape index (κ3) is 5.90. The summed E-state index contributed by atoms with van der Waals surface area (Å²) in [5.41, 5.74) is 0.665. The largest absolute Gasteiger partial charge is 0.480 e. The highest BCUT2D eigenvalue weighted by Crippen LogP contribution is 2.19. The van der Waals surface area contributed by atoms with Crippen molar-refractivity contribution >= 4 is 35.1 Å². The molecule has 2 N–H and O–H groups in total. The summed E-state index contributed by atoms with van der Waals surface area (Å²) >= 11 is 1.38. The second-order valence-electron chi connectivity index (χ2n) is 7.52. The zero-order valence-electron chi connectivity index (χ0n) is 18.1. The lowest BCUT2D eigenvalue weighted by molar-refractivity contribution is -0.167. The predicted octanol–water partition coefficient (Wildman–Crippen LogP) is 0.416. The number of amidine groups is 1. The molecule has 174 valence electrons. The molecule has 0 saturated carbocycles. The topological polar surface area (TPSA) is 140 Å². The van der Waals surface area contributed by atoms with Gasteiger partial charge in [0, 0.05) is 30.4 Å². The van der Waals surface area contributed by atoms with Crippen molar-refractivity contribution in [3.05, 3.63) is 27.9 Å². The molecule has 1 saturated heterocycles. The van der Waals surface area contributed by atoms with Crippen LogP contribution in [0.2, 0.25) is 0 Å². The Labute approximate surface area is 189 Å². The van der Waals surface area contributed by atoms with Gasteiger partial charge in [0.05, 0.1) is 31.4 Å². The average molecular weight is 467 g/mol. The Morgan fingerprint density at radius 1 is 1.34 bits per heavy atom.